The molecule has 1 N–H and O–H groups in total. The van der Waals surface area contributed by atoms with Gasteiger partial charge in [-0.25, -0.2) is 0 Å². The highest BCUT2D eigenvalue weighted by atomic mass is 35.5. The van der Waals surface area contributed by atoms with Gasteiger partial charge in [-0.15, -0.1) is 0 Å². The van der Waals surface area contributed by atoms with Crippen molar-refractivity contribution in [2.24, 2.45) is 0 Å². The van der Waals surface area contributed by atoms with Gasteiger partial charge in [-0.1, -0.05) is 35.9 Å². The van der Waals surface area contributed by atoms with Gasteiger partial charge in [0.2, 0.25) is 0 Å². The predicted molar refractivity (Wildman–Crippen MR) is 97.1 cm³/mol. The molecule has 0 aliphatic heterocycles. The second-order valence-corrected chi connectivity index (χ2v) is 6.33. The molecule has 0 fully saturated rings. The molecule has 2 aromatic carbocycles. The van der Waals surface area contributed by atoms with E-state index in [1.54, 1.807) is 0 Å². The van der Waals surface area contributed by atoms with Gasteiger partial charge in [0.1, 0.15) is 12.4 Å². The molecular formula is C19H25ClN2O. The molecule has 2 rings (SSSR count). The lowest BCUT2D eigenvalue weighted by Crippen LogP contribution is -2.20. The maximum Gasteiger partial charge on any atom is 0.119 e. The van der Waals surface area contributed by atoms with Crippen molar-refractivity contribution in [3.8, 4) is 5.75 Å². The number of nitrogens with zero attached hydrogens (tertiary/aromatic N) is 1. The second-order valence-electron chi connectivity index (χ2n) is 5.90. The molecule has 124 valence electrons. The minimum Gasteiger partial charge on any atom is -0.489 e. The molecule has 2 aromatic rings. The third kappa shape index (κ3) is 7.04. The second kappa shape index (κ2) is 9.56. The van der Waals surface area contributed by atoms with E-state index in [9.17, 15) is 0 Å². The lowest BCUT2D eigenvalue weighted by atomic mass is 10.2. The Morgan fingerprint density at radius 3 is 2.52 bits per heavy atom. The van der Waals surface area contributed by atoms with Crippen LogP contribution in [0.5, 0.6) is 5.75 Å². The van der Waals surface area contributed by atoms with Gasteiger partial charge in [0.05, 0.1) is 0 Å². The van der Waals surface area contributed by atoms with Crippen molar-refractivity contribution in [3.63, 3.8) is 0 Å². The van der Waals surface area contributed by atoms with Crippen molar-refractivity contribution >= 4 is 11.6 Å². The van der Waals surface area contributed by atoms with Gasteiger partial charge < -0.3 is 15.0 Å². The smallest absolute Gasteiger partial charge is 0.119 e. The summed E-state index contributed by atoms with van der Waals surface area (Å²) in [5, 5.41) is 4.20. The van der Waals surface area contributed by atoms with Crippen LogP contribution in [-0.2, 0) is 13.2 Å². The lowest BCUT2D eigenvalue weighted by Gasteiger charge is -2.10. The van der Waals surface area contributed by atoms with E-state index in [1.165, 1.54) is 5.56 Å². The van der Waals surface area contributed by atoms with Crippen LogP contribution in [0, 0.1) is 0 Å². The van der Waals surface area contributed by atoms with Gasteiger partial charge in [0.25, 0.3) is 0 Å². The average Bonchev–Trinajstić information content (AvgIpc) is 2.53. The van der Waals surface area contributed by atoms with Crippen LogP contribution in [0.3, 0.4) is 0 Å². The lowest BCUT2D eigenvalue weighted by molar-refractivity contribution is 0.306. The fraction of sp³-hybridized carbons (Fsp3) is 0.368. The molecule has 0 aliphatic carbocycles. The van der Waals surface area contributed by atoms with E-state index >= 15 is 0 Å². The van der Waals surface area contributed by atoms with Crippen LogP contribution in [0.2, 0.25) is 5.02 Å². The first-order valence-electron chi connectivity index (χ1n) is 7.95. The Morgan fingerprint density at radius 1 is 1.04 bits per heavy atom. The van der Waals surface area contributed by atoms with Crippen LogP contribution in [0.1, 0.15) is 17.5 Å². The maximum absolute atomic E-state index is 5.97. The molecule has 0 heterocycles. The molecule has 4 heteroatoms. The Balaban J connectivity index is 1.72. The normalized spacial score (nSPS) is 11.0. The number of hydrogen-bond donors (Lipinski definition) is 1. The van der Waals surface area contributed by atoms with Crippen LogP contribution < -0.4 is 10.1 Å². The van der Waals surface area contributed by atoms with E-state index in [4.69, 9.17) is 16.3 Å². The third-order valence-electron chi connectivity index (χ3n) is 3.51. The molecule has 3 nitrogen and oxygen atoms in total. The number of benzene rings is 2. The average molecular weight is 333 g/mol. The summed E-state index contributed by atoms with van der Waals surface area (Å²) in [5.74, 6) is 0.876. The van der Waals surface area contributed by atoms with Gasteiger partial charge in [0.15, 0.2) is 0 Å². The summed E-state index contributed by atoms with van der Waals surface area (Å²) in [5.41, 5.74) is 2.34. The monoisotopic (exact) mass is 332 g/mol. The van der Waals surface area contributed by atoms with Crippen molar-refractivity contribution in [1.82, 2.24) is 10.2 Å². The Hall–Kier alpha value is -1.55. The van der Waals surface area contributed by atoms with Gasteiger partial charge in [-0.05, 0) is 69.0 Å². The minimum absolute atomic E-state index is 0.530. The summed E-state index contributed by atoms with van der Waals surface area (Å²) in [7, 11) is 4.20. The zero-order valence-electron chi connectivity index (χ0n) is 13.9. The van der Waals surface area contributed by atoms with Gasteiger partial charge in [0, 0.05) is 11.6 Å². The highest BCUT2D eigenvalue weighted by Gasteiger charge is 1.99. The van der Waals surface area contributed by atoms with E-state index in [2.05, 4.69) is 36.4 Å². The summed E-state index contributed by atoms with van der Waals surface area (Å²) < 4.78 is 5.79. The highest BCUT2D eigenvalue weighted by Crippen LogP contribution is 2.16. The van der Waals surface area contributed by atoms with Crippen LogP contribution in [-0.4, -0.2) is 32.1 Å². The third-order valence-corrected chi connectivity index (χ3v) is 3.74. The van der Waals surface area contributed by atoms with Crippen LogP contribution in [0.4, 0.5) is 0 Å². The molecule has 0 saturated heterocycles. The van der Waals surface area contributed by atoms with E-state index in [1.807, 2.05) is 36.4 Å². The first kappa shape index (κ1) is 17.8. The summed E-state index contributed by atoms with van der Waals surface area (Å²) in [6.45, 7) is 3.57. The van der Waals surface area contributed by atoms with Crippen LogP contribution in [0.25, 0.3) is 0 Å². The Morgan fingerprint density at radius 2 is 1.83 bits per heavy atom. The molecule has 0 atom stereocenters. The Labute approximate surface area is 144 Å². The largest absolute Gasteiger partial charge is 0.489 e. The molecule has 0 saturated carbocycles. The molecule has 0 aromatic heterocycles. The fourth-order valence-electron chi connectivity index (χ4n) is 2.25. The predicted octanol–water partition coefficient (Wildman–Crippen LogP) is 3.96. The molecule has 0 bridgehead atoms. The van der Waals surface area contributed by atoms with E-state index in [0.29, 0.717) is 6.61 Å². The summed E-state index contributed by atoms with van der Waals surface area (Å²) in [6, 6.07) is 16.0. The van der Waals surface area contributed by atoms with Crippen LogP contribution >= 0.6 is 11.6 Å². The molecule has 0 spiro atoms. The Kier molecular flexibility index (Phi) is 7.40. The van der Waals surface area contributed by atoms with Crippen LogP contribution in [0.15, 0.2) is 48.5 Å². The SMILES string of the molecule is CN(C)CCCNCc1ccc(OCc2cccc(Cl)c2)cc1. The zero-order chi connectivity index (χ0) is 16.5. The van der Waals surface area contributed by atoms with Gasteiger partial charge in [-0.3, -0.25) is 0 Å². The van der Waals surface area contributed by atoms with E-state index in [-0.39, 0.29) is 0 Å². The van der Waals surface area contributed by atoms with Gasteiger partial charge in [-0.2, -0.15) is 0 Å². The zero-order valence-corrected chi connectivity index (χ0v) is 14.6. The van der Waals surface area contributed by atoms with Crippen molar-refractivity contribution in [1.29, 1.82) is 0 Å². The molecule has 0 radical (unpaired) electrons. The highest BCUT2D eigenvalue weighted by molar-refractivity contribution is 6.30. The van der Waals surface area contributed by atoms with E-state index in [0.717, 1.165) is 42.4 Å². The molecule has 0 aliphatic rings. The van der Waals surface area contributed by atoms with E-state index < -0.39 is 0 Å². The summed E-state index contributed by atoms with van der Waals surface area (Å²) in [4.78, 5) is 2.20. The molecular weight excluding hydrogens is 308 g/mol. The van der Waals surface area contributed by atoms with Crippen molar-refractivity contribution in [2.75, 3.05) is 27.2 Å². The molecule has 0 amide bonds. The minimum atomic E-state index is 0.530. The molecule has 23 heavy (non-hydrogen) atoms. The van der Waals surface area contributed by atoms with Crippen molar-refractivity contribution < 1.29 is 4.74 Å². The standard InChI is InChI=1S/C19H25ClN2O/c1-22(2)12-4-11-21-14-16-7-9-19(10-8-16)23-15-17-5-3-6-18(20)13-17/h3,5-10,13,21H,4,11-12,14-15H2,1-2H3. The topological polar surface area (TPSA) is 24.5 Å². The Bertz CT molecular complexity index is 584. The quantitative estimate of drug-likeness (QED) is 0.703. The number of rotatable bonds is 9. The summed E-state index contributed by atoms with van der Waals surface area (Å²) in [6.07, 6.45) is 1.16. The maximum atomic E-state index is 5.97. The number of halogens is 1. The summed E-state index contributed by atoms with van der Waals surface area (Å²) >= 11 is 5.97. The van der Waals surface area contributed by atoms with Crippen molar-refractivity contribution in [2.45, 2.75) is 19.6 Å². The fourth-order valence-corrected chi connectivity index (χ4v) is 2.46. The number of nitrogens with one attached hydrogen (secondary N) is 1. The van der Waals surface area contributed by atoms with Gasteiger partial charge >= 0.3 is 0 Å². The first-order valence-corrected chi connectivity index (χ1v) is 8.33. The first-order chi connectivity index (χ1) is 11.1. The van der Waals surface area contributed by atoms with Crippen molar-refractivity contribution in [3.05, 3.63) is 64.7 Å². The number of ether oxygens (including phenoxy) is 1. The molecule has 0 unspecified atom stereocenters. The number of hydrogen-bond acceptors (Lipinski definition) is 3.